The van der Waals surface area contributed by atoms with Crippen molar-refractivity contribution >= 4 is 7.28 Å². The van der Waals surface area contributed by atoms with Crippen LogP contribution in [0.15, 0.2) is 0 Å². The summed E-state index contributed by atoms with van der Waals surface area (Å²) in [6, 6.07) is 0. The first-order valence-electron chi connectivity index (χ1n) is 4.60. The van der Waals surface area contributed by atoms with Crippen LogP contribution in [0.1, 0.15) is 33.1 Å². The molecule has 0 nitrogen and oxygen atoms in total. The van der Waals surface area contributed by atoms with Crippen LogP contribution in [-0.2, 0) is 0 Å². The van der Waals surface area contributed by atoms with E-state index < -0.39 is 0 Å². The van der Waals surface area contributed by atoms with E-state index in [-0.39, 0.29) is 0 Å². The molecule has 1 radical (unpaired) electrons. The van der Waals surface area contributed by atoms with Crippen molar-refractivity contribution in [2.45, 2.75) is 45.8 Å². The molecule has 1 heteroatoms. The third kappa shape index (κ3) is 2.77. The smallest absolute Gasteiger partial charge is 0.0778 e. The van der Waals surface area contributed by atoms with Gasteiger partial charge >= 0.3 is 0 Å². The van der Waals surface area contributed by atoms with E-state index in [1.165, 1.54) is 31.9 Å². The summed E-state index contributed by atoms with van der Waals surface area (Å²) in [5.74, 6) is 1.90. The minimum absolute atomic E-state index is 0.951. The second-order valence-corrected chi connectivity index (χ2v) is 3.90. The highest BCUT2D eigenvalue weighted by atomic mass is 14.1. The lowest BCUT2D eigenvalue weighted by molar-refractivity contribution is 0.463. The molecule has 0 aromatic rings. The number of rotatable bonds is 0. The van der Waals surface area contributed by atoms with Crippen molar-refractivity contribution in [2.24, 2.45) is 11.8 Å². The molecule has 1 heterocycles. The third-order valence-corrected chi connectivity index (χ3v) is 2.53. The van der Waals surface area contributed by atoms with Crippen LogP contribution in [0.5, 0.6) is 0 Å². The van der Waals surface area contributed by atoms with Gasteiger partial charge in [0, 0.05) is 0 Å². The highest BCUT2D eigenvalue weighted by molar-refractivity contribution is 6.35. The Labute approximate surface area is 65.6 Å². The minimum atomic E-state index is 0.951. The van der Waals surface area contributed by atoms with Crippen LogP contribution in [0.25, 0.3) is 0 Å². The van der Waals surface area contributed by atoms with Crippen molar-refractivity contribution < 1.29 is 0 Å². The molecule has 0 aliphatic carbocycles. The van der Waals surface area contributed by atoms with Crippen molar-refractivity contribution in [3.63, 3.8) is 0 Å². The Balaban J connectivity index is 2.21. The first-order chi connectivity index (χ1) is 4.79. The topological polar surface area (TPSA) is 0 Å². The second kappa shape index (κ2) is 4.05. The molecule has 0 N–H and O–H groups in total. The molecule has 1 saturated heterocycles. The van der Waals surface area contributed by atoms with Gasteiger partial charge in [0.05, 0.1) is 0 Å². The molecular formula is C9H18B. The van der Waals surface area contributed by atoms with Crippen LogP contribution in [0.2, 0.25) is 12.6 Å². The molecule has 1 aliphatic heterocycles. The summed E-state index contributed by atoms with van der Waals surface area (Å²) in [5, 5.41) is 0. The molecule has 10 heavy (non-hydrogen) atoms. The van der Waals surface area contributed by atoms with Crippen molar-refractivity contribution in [3.8, 4) is 0 Å². The van der Waals surface area contributed by atoms with Gasteiger partial charge in [-0.15, -0.1) is 0 Å². The van der Waals surface area contributed by atoms with E-state index in [0.29, 0.717) is 0 Å². The average molecular weight is 137 g/mol. The molecule has 0 bridgehead atoms. The zero-order chi connectivity index (χ0) is 7.40. The summed E-state index contributed by atoms with van der Waals surface area (Å²) in [5.41, 5.74) is 0. The Bertz CT molecular complexity index is 70.7. The fourth-order valence-electron chi connectivity index (χ4n) is 1.72. The van der Waals surface area contributed by atoms with Gasteiger partial charge in [0.25, 0.3) is 0 Å². The lowest BCUT2D eigenvalue weighted by Crippen LogP contribution is -2.08. The van der Waals surface area contributed by atoms with E-state index in [4.69, 9.17) is 0 Å². The lowest BCUT2D eigenvalue weighted by Gasteiger charge is -2.18. The van der Waals surface area contributed by atoms with Crippen LogP contribution in [0.3, 0.4) is 0 Å². The maximum Gasteiger partial charge on any atom is 0.110 e. The fraction of sp³-hybridized carbons (Fsp3) is 1.00. The van der Waals surface area contributed by atoms with Gasteiger partial charge < -0.3 is 0 Å². The zero-order valence-corrected chi connectivity index (χ0v) is 7.27. The van der Waals surface area contributed by atoms with Crippen molar-refractivity contribution in [1.29, 1.82) is 0 Å². The van der Waals surface area contributed by atoms with Gasteiger partial charge in [0.1, 0.15) is 7.28 Å². The monoisotopic (exact) mass is 137 g/mol. The van der Waals surface area contributed by atoms with E-state index in [1.807, 2.05) is 0 Å². The number of hydrogen-bond donors (Lipinski definition) is 0. The Kier molecular flexibility index (Phi) is 3.31. The van der Waals surface area contributed by atoms with Crippen LogP contribution >= 0.6 is 0 Å². The molecule has 2 atom stereocenters. The van der Waals surface area contributed by atoms with Crippen molar-refractivity contribution in [3.05, 3.63) is 0 Å². The summed E-state index contributed by atoms with van der Waals surface area (Å²) < 4.78 is 0. The first kappa shape index (κ1) is 8.16. The molecule has 0 amide bonds. The summed E-state index contributed by atoms with van der Waals surface area (Å²) in [4.78, 5) is 0. The lowest BCUT2D eigenvalue weighted by atomic mass is 9.61. The molecule has 0 saturated carbocycles. The molecule has 1 fully saturated rings. The van der Waals surface area contributed by atoms with E-state index in [0.717, 1.165) is 11.8 Å². The van der Waals surface area contributed by atoms with Crippen molar-refractivity contribution in [1.82, 2.24) is 0 Å². The average Bonchev–Trinajstić information content (AvgIpc) is 1.84. The molecular weight excluding hydrogens is 119 g/mol. The van der Waals surface area contributed by atoms with E-state index in [2.05, 4.69) is 21.1 Å². The van der Waals surface area contributed by atoms with Gasteiger partial charge in [-0.3, -0.25) is 0 Å². The fourth-order valence-corrected chi connectivity index (χ4v) is 1.72. The Morgan fingerprint density at radius 2 is 1.50 bits per heavy atom. The second-order valence-electron chi connectivity index (χ2n) is 3.90. The van der Waals surface area contributed by atoms with Crippen LogP contribution in [-0.4, -0.2) is 7.28 Å². The molecule has 1 rings (SSSR count). The summed E-state index contributed by atoms with van der Waals surface area (Å²) >= 11 is 0. The molecule has 2 unspecified atom stereocenters. The number of hydrogen-bond acceptors (Lipinski definition) is 0. The largest absolute Gasteiger partial charge is 0.110 e. The summed E-state index contributed by atoms with van der Waals surface area (Å²) in [6.45, 7) is 4.74. The third-order valence-electron chi connectivity index (χ3n) is 2.53. The van der Waals surface area contributed by atoms with Gasteiger partial charge in [0.15, 0.2) is 0 Å². The van der Waals surface area contributed by atoms with Gasteiger partial charge in [-0.1, -0.05) is 57.6 Å². The molecule has 0 aromatic carbocycles. The van der Waals surface area contributed by atoms with Crippen LogP contribution in [0.4, 0.5) is 0 Å². The Morgan fingerprint density at radius 3 is 2.00 bits per heavy atom. The predicted molar refractivity (Wildman–Crippen MR) is 47.5 cm³/mol. The van der Waals surface area contributed by atoms with Gasteiger partial charge in [-0.2, -0.15) is 0 Å². The molecule has 0 spiro atoms. The molecule has 0 aromatic heterocycles. The predicted octanol–water partition coefficient (Wildman–Crippen LogP) is 2.98. The standard InChI is InChI=1S/C9H18B/c1-8-4-3-5-9(2)7-10-6-8/h8-9H,3-7H2,1-2H3. The van der Waals surface area contributed by atoms with E-state index >= 15 is 0 Å². The minimum Gasteiger partial charge on any atom is -0.0778 e. The SMILES string of the molecule is CC1C[B]CC(C)CCC1. The quantitative estimate of drug-likeness (QED) is 0.450. The summed E-state index contributed by atoms with van der Waals surface area (Å²) in [6.07, 6.45) is 7.05. The van der Waals surface area contributed by atoms with Crippen molar-refractivity contribution in [2.75, 3.05) is 0 Å². The maximum absolute atomic E-state index is 2.48. The van der Waals surface area contributed by atoms with Crippen LogP contribution in [0, 0.1) is 11.8 Å². The summed E-state index contributed by atoms with van der Waals surface area (Å²) in [7, 11) is 2.48. The zero-order valence-electron chi connectivity index (χ0n) is 7.27. The Hall–Kier alpha value is 0.0649. The Morgan fingerprint density at radius 1 is 1.00 bits per heavy atom. The van der Waals surface area contributed by atoms with E-state index in [9.17, 15) is 0 Å². The first-order valence-corrected chi connectivity index (χ1v) is 4.60. The molecule has 1 aliphatic rings. The highest BCUT2D eigenvalue weighted by Gasteiger charge is 2.10. The maximum atomic E-state index is 2.48. The van der Waals surface area contributed by atoms with Crippen LogP contribution < -0.4 is 0 Å². The van der Waals surface area contributed by atoms with Gasteiger partial charge in [0.2, 0.25) is 0 Å². The van der Waals surface area contributed by atoms with E-state index in [1.54, 1.807) is 0 Å². The van der Waals surface area contributed by atoms with Gasteiger partial charge in [-0.25, -0.2) is 0 Å². The highest BCUT2D eigenvalue weighted by Crippen LogP contribution is 2.22. The normalized spacial score (nSPS) is 35.8. The van der Waals surface area contributed by atoms with Gasteiger partial charge in [-0.05, 0) is 0 Å². The molecule has 57 valence electrons.